The molecule has 8 heteroatoms. The standard InChI is InChI=1S/C19H20N2O6/c1-20-5-4-9-6-13(22)19(27-3)16-10-8-14(26-2)18(23)17(21(24)25)11(10)7-12(20)15(9)16/h6,8,12,22-23H,4-5,7H2,1-3H3/t12-/m0/s1. The molecule has 4 rings (SSSR count). The molecule has 0 saturated heterocycles. The van der Waals surface area contributed by atoms with Gasteiger partial charge < -0.3 is 19.7 Å². The maximum atomic E-state index is 11.7. The van der Waals surface area contributed by atoms with Crippen molar-refractivity contribution in [2.24, 2.45) is 0 Å². The van der Waals surface area contributed by atoms with E-state index in [-0.39, 0.29) is 29.0 Å². The molecule has 0 spiro atoms. The lowest BCUT2D eigenvalue weighted by Crippen LogP contribution is -2.35. The summed E-state index contributed by atoms with van der Waals surface area (Å²) in [5, 5.41) is 32.6. The highest BCUT2D eigenvalue weighted by Crippen LogP contribution is 2.56. The number of fused-ring (bicyclic) bond motifs is 2. The minimum Gasteiger partial charge on any atom is -0.504 e. The van der Waals surface area contributed by atoms with Crippen molar-refractivity contribution in [2.75, 3.05) is 27.8 Å². The van der Waals surface area contributed by atoms with Gasteiger partial charge in [-0.05, 0) is 48.7 Å². The Morgan fingerprint density at radius 1 is 1.26 bits per heavy atom. The summed E-state index contributed by atoms with van der Waals surface area (Å²) in [6.45, 7) is 0.772. The van der Waals surface area contributed by atoms with Crippen LogP contribution in [0.2, 0.25) is 0 Å². The van der Waals surface area contributed by atoms with E-state index in [9.17, 15) is 20.3 Å². The van der Waals surface area contributed by atoms with Crippen LogP contribution in [0.5, 0.6) is 23.0 Å². The van der Waals surface area contributed by atoms with Gasteiger partial charge in [0.2, 0.25) is 5.75 Å². The van der Waals surface area contributed by atoms with Crippen molar-refractivity contribution < 1.29 is 24.6 Å². The molecule has 0 fully saturated rings. The van der Waals surface area contributed by atoms with E-state index < -0.39 is 10.7 Å². The predicted molar refractivity (Wildman–Crippen MR) is 97.7 cm³/mol. The number of hydrogen-bond acceptors (Lipinski definition) is 7. The molecule has 1 aliphatic carbocycles. The topological polar surface area (TPSA) is 105 Å². The molecule has 2 aromatic carbocycles. The van der Waals surface area contributed by atoms with Gasteiger partial charge in [0.05, 0.1) is 19.1 Å². The fourth-order valence-corrected chi connectivity index (χ4v) is 4.36. The van der Waals surface area contributed by atoms with Gasteiger partial charge >= 0.3 is 5.69 Å². The Hall–Kier alpha value is -3.00. The van der Waals surface area contributed by atoms with Crippen molar-refractivity contribution in [3.05, 3.63) is 38.9 Å². The van der Waals surface area contributed by atoms with Gasteiger partial charge in [-0.3, -0.25) is 15.0 Å². The SMILES string of the molecule is COc1cc2c(c([N+](=O)[O-])c1O)C[C@H]1c3c(cc(O)c(OC)c3-2)CCN1C. The average molecular weight is 372 g/mol. The molecule has 142 valence electrons. The Balaban J connectivity index is 2.15. The minimum absolute atomic E-state index is 0.00269. The van der Waals surface area contributed by atoms with Crippen molar-refractivity contribution in [2.45, 2.75) is 18.9 Å². The van der Waals surface area contributed by atoms with Crippen molar-refractivity contribution in [1.82, 2.24) is 4.90 Å². The Bertz CT molecular complexity index is 972. The molecular formula is C19H20N2O6. The van der Waals surface area contributed by atoms with Crippen molar-refractivity contribution in [3.63, 3.8) is 0 Å². The van der Waals surface area contributed by atoms with Crippen LogP contribution in [0.15, 0.2) is 12.1 Å². The first-order chi connectivity index (χ1) is 12.9. The fourth-order valence-electron chi connectivity index (χ4n) is 4.36. The molecule has 0 aromatic heterocycles. The second-order valence-corrected chi connectivity index (χ2v) is 6.89. The number of benzene rings is 2. The third-order valence-electron chi connectivity index (χ3n) is 5.60. The quantitative estimate of drug-likeness (QED) is 0.630. The number of phenolic OH excluding ortho intramolecular Hbond substituents is 2. The first-order valence-electron chi connectivity index (χ1n) is 8.59. The number of nitro groups is 1. The smallest absolute Gasteiger partial charge is 0.318 e. The zero-order chi connectivity index (χ0) is 19.5. The first kappa shape index (κ1) is 17.4. The molecular weight excluding hydrogens is 352 g/mol. The van der Waals surface area contributed by atoms with Gasteiger partial charge in [0, 0.05) is 23.7 Å². The summed E-state index contributed by atoms with van der Waals surface area (Å²) < 4.78 is 10.6. The molecule has 2 aromatic rings. The molecule has 2 N–H and O–H groups in total. The van der Waals surface area contributed by atoms with Crippen LogP contribution in [-0.2, 0) is 12.8 Å². The molecule has 0 bridgehead atoms. The Labute approximate surface area is 155 Å². The molecule has 1 aliphatic heterocycles. The van der Waals surface area contributed by atoms with Gasteiger partial charge in [0.1, 0.15) is 0 Å². The fraction of sp³-hybridized carbons (Fsp3) is 0.368. The van der Waals surface area contributed by atoms with Crippen molar-refractivity contribution in [3.8, 4) is 34.1 Å². The van der Waals surface area contributed by atoms with E-state index in [2.05, 4.69) is 4.90 Å². The number of nitro benzene ring substituents is 1. The summed E-state index contributed by atoms with van der Waals surface area (Å²) in [4.78, 5) is 13.3. The molecule has 1 atom stereocenters. The highest BCUT2D eigenvalue weighted by molar-refractivity contribution is 5.88. The van der Waals surface area contributed by atoms with Crippen LogP contribution < -0.4 is 9.47 Å². The lowest BCUT2D eigenvalue weighted by molar-refractivity contribution is -0.386. The summed E-state index contributed by atoms with van der Waals surface area (Å²) >= 11 is 0. The summed E-state index contributed by atoms with van der Waals surface area (Å²) in [7, 11) is 4.77. The number of rotatable bonds is 3. The van der Waals surface area contributed by atoms with E-state index in [4.69, 9.17) is 9.47 Å². The summed E-state index contributed by atoms with van der Waals surface area (Å²) in [6, 6.07) is 3.20. The number of ether oxygens (including phenoxy) is 2. The van der Waals surface area contributed by atoms with Crippen LogP contribution in [0, 0.1) is 10.1 Å². The normalized spacial score (nSPS) is 17.8. The van der Waals surface area contributed by atoms with Crippen molar-refractivity contribution in [1.29, 1.82) is 0 Å². The van der Waals surface area contributed by atoms with E-state index in [1.54, 1.807) is 12.1 Å². The van der Waals surface area contributed by atoms with Crippen LogP contribution in [0.25, 0.3) is 11.1 Å². The minimum atomic E-state index is -0.583. The number of aromatic hydroxyl groups is 2. The second-order valence-electron chi connectivity index (χ2n) is 6.89. The molecule has 8 nitrogen and oxygen atoms in total. The molecule has 27 heavy (non-hydrogen) atoms. The van der Waals surface area contributed by atoms with Crippen LogP contribution in [0.3, 0.4) is 0 Å². The number of nitrogens with zero attached hydrogens (tertiary/aromatic N) is 2. The van der Waals surface area contributed by atoms with E-state index >= 15 is 0 Å². The van der Waals surface area contributed by atoms with Crippen LogP contribution in [0.1, 0.15) is 22.7 Å². The molecule has 2 aliphatic rings. The highest BCUT2D eigenvalue weighted by Gasteiger charge is 2.40. The number of likely N-dealkylation sites (N-methyl/N-ethyl adjacent to an activating group) is 1. The summed E-state index contributed by atoms with van der Waals surface area (Å²) in [5.41, 5.74) is 3.25. The monoisotopic (exact) mass is 372 g/mol. The Morgan fingerprint density at radius 3 is 2.63 bits per heavy atom. The van der Waals surface area contributed by atoms with Crippen LogP contribution in [0.4, 0.5) is 5.69 Å². The molecule has 0 unspecified atom stereocenters. The summed E-state index contributed by atoms with van der Waals surface area (Å²) in [5.74, 6) is -0.196. The van der Waals surface area contributed by atoms with E-state index in [0.29, 0.717) is 23.1 Å². The molecule has 0 saturated carbocycles. The lowest BCUT2D eigenvalue weighted by atomic mass is 9.76. The maximum absolute atomic E-state index is 11.7. The van der Waals surface area contributed by atoms with Crippen LogP contribution in [-0.4, -0.2) is 47.8 Å². The van der Waals surface area contributed by atoms with Gasteiger partial charge in [-0.15, -0.1) is 0 Å². The van der Waals surface area contributed by atoms with Gasteiger partial charge in [-0.25, -0.2) is 0 Å². The van der Waals surface area contributed by atoms with Crippen LogP contribution >= 0.6 is 0 Å². The third-order valence-corrected chi connectivity index (χ3v) is 5.60. The van der Waals surface area contributed by atoms with E-state index in [1.165, 1.54) is 14.2 Å². The highest BCUT2D eigenvalue weighted by atomic mass is 16.6. The number of hydrogen-bond donors (Lipinski definition) is 2. The molecule has 0 amide bonds. The van der Waals surface area contributed by atoms with Gasteiger partial charge in [-0.1, -0.05) is 0 Å². The van der Waals surface area contributed by atoms with E-state index in [1.807, 2.05) is 7.05 Å². The second kappa shape index (κ2) is 6.02. The Kier molecular flexibility index (Phi) is 3.88. The average Bonchev–Trinajstić information content (AvgIpc) is 2.63. The maximum Gasteiger partial charge on any atom is 0.318 e. The Morgan fingerprint density at radius 2 is 2.00 bits per heavy atom. The number of phenols is 2. The third kappa shape index (κ3) is 2.33. The molecule has 0 radical (unpaired) electrons. The zero-order valence-electron chi connectivity index (χ0n) is 15.3. The lowest BCUT2D eigenvalue weighted by Gasteiger charge is -2.40. The number of methoxy groups -OCH3 is 2. The van der Waals surface area contributed by atoms with Crippen molar-refractivity contribution >= 4 is 5.69 Å². The first-order valence-corrected chi connectivity index (χ1v) is 8.59. The van der Waals surface area contributed by atoms with E-state index in [0.717, 1.165) is 24.1 Å². The predicted octanol–water partition coefficient (Wildman–Crippen LogP) is 2.78. The molecule has 1 heterocycles. The zero-order valence-corrected chi connectivity index (χ0v) is 15.3. The largest absolute Gasteiger partial charge is 0.504 e. The van der Waals surface area contributed by atoms with Gasteiger partial charge in [0.15, 0.2) is 17.2 Å². The van der Waals surface area contributed by atoms with Gasteiger partial charge in [-0.2, -0.15) is 0 Å². The summed E-state index contributed by atoms with van der Waals surface area (Å²) in [6.07, 6.45) is 1.15. The van der Waals surface area contributed by atoms with Gasteiger partial charge in [0.25, 0.3) is 0 Å².